The molecule has 2 amide bonds. The molecule has 0 aromatic heterocycles. The number of carbonyl (C=O) groups excluding carboxylic acids is 2. The van der Waals surface area contributed by atoms with Crippen LogP contribution in [-0.4, -0.2) is 28.9 Å². The molecule has 0 saturated carbocycles. The van der Waals surface area contributed by atoms with E-state index in [0.29, 0.717) is 0 Å². The molecule has 0 aromatic rings. The van der Waals surface area contributed by atoms with Crippen LogP contribution in [0.5, 0.6) is 0 Å². The van der Waals surface area contributed by atoms with E-state index in [2.05, 4.69) is 22.9 Å². The zero-order valence-corrected chi connectivity index (χ0v) is 10.9. The maximum Gasteiger partial charge on any atom is 0.239 e. The molecule has 5 nitrogen and oxygen atoms in total. The Bertz CT molecular complexity index is 297. The van der Waals surface area contributed by atoms with Crippen LogP contribution in [0, 0.1) is 5.92 Å². The van der Waals surface area contributed by atoms with Gasteiger partial charge in [-0.1, -0.05) is 12.2 Å². The minimum atomic E-state index is -0.558. The minimum Gasteiger partial charge on any atom is -0.393 e. The largest absolute Gasteiger partial charge is 0.393 e. The van der Waals surface area contributed by atoms with E-state index in [0.717, 1.165) is 0 Å². The summed E-state index contributed by atoms with van der Waals surface area (Å²) >= 11 is 4.68. The van der Waals surface area contributed by atoms with Crippen LogP contribution >= 0.6 is 12.2 Å². The van der Waals surface area contributed by atoms with Crippen LogP contribution < -0.4 is 16.4 Å². The molecule has 1 atom stereocenters. The summed E-state index contributed by atoms with van der Waals surface area (Å²) in [4.78, 5) is 22.9. The van der Waals surface area contributed by atoms with Crippen molar-refractivity contribution >= 4 is 29.0 Å². The zero-order chi connectivity index (χ0) is 12.9. The van der Waals surface area contributed by atoms with Gasteiger partial charge >= 0.3 is 0 Å². The lowest BCUT2D eigenvalue weighted by molar-refractivity contribution is -0.127. The number of hydrogen-bond donors (Lipinski definition) is 3. The summed E-state index contributed by atoms with van der Waals surface area (Å²) in [6.45, 7) is 7.13. The van der Waals surface area contributed by atoms with Crippen molar-refractivity contribution < 1.29 is 9.59 Å². The lowest BCUT2D eigenvalue weighted by atomic mass is 10.1. The number of carbonyl (C=O) groups is 2. The Balaban J connectivity index is 4.03. The molecule has 92 valence electrons. The van der Waals surface area contributed by atoms with E-state index < -0.39 is 5.92 Å². The Hall–Kier alpha value is -1.17. The topological polar surface area (TPSA) is 84.2 Å². The Kier molecular flexibility index (Phi) is 5.37. The van der Waals surface area contributed by atoms with E-state index >= 15 is 0 Å². The number of hydrogen-bond acceptors (Lipinski definition) is 3. The first-order valence-corrected chi connectivity index (χ1v) is 5.42. The first-order chi connectivity index (χ1) is 7.13. The summed E-state index contributed by atoms with van der Waals surface area (Å²) < 4.78 is 0. The van der Waals surface area contributed by atoms with Crippen molar-refractivity contribution in [2.24, 2.45) is 11.7 Å². The van der Waals surface area contributed by atoms with Crippen LogP contribution in [-0.2, 0) is 9.59 Å². The third kappa shape index (κ3) is 6.34. The van der Waals surface area contributed by atoms with E-state index in [1.54, 1.807) is 6.92 Å². The van der Waals surface area contributed by atoms with E-state index in [4.69, 9.17) is 5.73 Å². The second-order valence-electron chi connectivity index (χ2n) is 4.64. The van der Waals surface area contributed by atoms with Gasteiger partial charge in [0.05, 0.1) is 17.5 Å². The Morgan fingerprint density at radius 1 is 1.38 bits per heavy atom. The van der Waals surface area contributed by atoms with Crippen LogP contribution in [0.4, 0.5) is 0 Å². The van der Waals surface area contributed by atoms with Gasteiger partial charge in [0, 0.05) is 5.54 Å². The summed E-state index contributed by atoms with van der Waals surface area (Å²) in [5.74, 6) is -1.13. The highest BCUT2D eigenvalue weighted by molar-refractivity contribution is 7.80. The summed E-state index contributed by atoms with van der Waals surface area (Å²) in [7, 11) is 0. The standard InChI is InChI=1S/C10H19N3O2S/c1-6(8(11)16)9(15)12-5-7(14)13-10(2,3)4/h6H,5H2,1-4H3,(H2,11,16)(H,12,15)(H,13,14). The first kappa shape index (κ1) is 14.8. The third-order valence-electron chi connectivity index (χ3n) is 1.76. The van der Waals surface area contributed by atoms with Gasteiger partial charge in [0.25, 0.3) is 0 Å². The predicted octanol–water partition coefficient (Wildman–Crippen LogP) is -0.0605. The minimum absolute atomic E-state index is 0.0664. The van der Waals surface area contributed by atoms with Gasteiger partial charge in [-0.25, -0.2) is 0 Å². The van der Waals surface area contributed by atoms with E-state index in [1.165, 1.54) is 0 Å². The van der Waals surface area contributed by atoms with Crippen LogP contribution in [0.1, 0.15) is 27.7 Å². The summed E-state index contributed by atoms with van der Waals surface area (Å²) in [6, 6.07) is 0. The fraction of sp³-hybridized carbons (Fsp3) is 0.700. The van der Waals surface area contributed by atoms with Crippen molar-refractivity contribution in [2.75, 3.05) is 6.54 Å². The molecular formula is C10H19N3O2S. The number of nitrogens with two attached hydrogens (primary N) is 1. The lowest BCUT2D eigenvalue weighted by Crippen LogP contribution is -2.47. The summed E-state index contributed by atoms with van der Waals surface area (Å²) in [5, 5.41) is 5.19. The number of nitrogens with one attached hydrogen (secondary N) is 2. The van der Waals surface area contributed by atoms with Gasteiger partial charge in [0.1, 0.15) is 0 Å². The fourth-order valence-corrected chi connectivity index (χ4v) is 1.02. The van der Waals surface area contributed by atoms with Crippen LogP contribution in [0.25, 0.3) is 0 Å². The molecule has 0 radical (unpaired) electrons. The van der Waals surface area contributed by atoms with Gasteiger partial charge in [-0.2, -0.15) is 0 Å². The van der Waals surface area contributed by atoms with Crippen molar-refractivity contribution in [3.05, 3.63) is 0 Å². The van der Waals surface area contributed by atoms with Crippen LogP contribution in [0.3, 0.4) is 0 Å². The third-order valence-corrected chi connectivity index (χ3v) is 2.11. The van der Waals surface area contributed by atoms with Crippen molar-refractivity contribution in [1.29, 1.82) is 0 Å². The fourth-order valence-electron chi connectivity index (χ4n) is 0.912. The monoisotopic (exact) mass is 245 g/mol. The van der Waals surface area contributed by atoms with Gasteiger partial charge in [0.15, 0.2) is 0 Å². The molecule has 0 fully saturated rings. The maximum atomic E-state index is 11.4. The molecule has 0 saturated heterocycles. The Labute approximate surface area is 101 Å². The quantitative estimate of drug-likeness (QED) is 0.606. The normalized spacial score (nSPS) is 12.8. The zero-order valence-electron chi connectivity index (χ0n) is 10.1. The predicted molar refractivity (Wildman–Crippen MR) is 66.9 cm³/mol. The number of rotatable bonds is 4. The van der Waals surface area contributed by atoms with Crippen LogP contribution in [0.15, 0.2) is 0 Å². The smallest absolute Gasteiger partial charge is 0.239 e. The number of thiocarbonyl (C=S) groups is 1. The Morgan fingerprint density at radius 2 is 1.88 bits per heavy atom. The van der Waals surface area contributed by atoms with E-state index in [1.807, 2.05) is 20.8 Å². The highest BCUT2D eigenvalue weighted by Crippen LogP contribution is 1.98. The molecule has 0 aromatic carbocycles. The average molecular weight is 245 g/mol. The maximum absolute atomic E-state index is 11.4. The highest BCUT2D eigenvalue weighted by atomic mass is 32.1. The molecule has 1 unspecified atom stereocenters. The van der Waals surface area contributed by atoms with Gasteiger partial charge in [0.2, 0.25) is 11.8 Å². The lowest BCUT2D eigenvalue weighted by Gasteiger charge is -2.20. The number of amides is 2. The molecule has 0 rings (SSSR count). The van der Waals surface area contributed by atoms with Gasteiger partial charge in [-0.15, -0.1) is 0 Å². The molecule has 0 spiro atoms. The molecular weight excluding hydrogens is 226 g/mol. The first-order valence-electron chi connectivity index (χ1n) is 5.01. The molecule has 0 aliphatic heterocycles. The van der Waals surface area contributed by atoms with Gasteiger partial charge in [-0.3, -0.25) is 9.59 Å². The van der Waals surface area contributed by atoms with E-state index in [9.17, 15) is 9.59 Å². The van der Waals surface area contributed by atoms with Crippen LogP contribution in [0.2, 0.25) is 0 Å². The Morgan fingerprint density at radius 3 is 2.25 bits per heavy atom. The second kappa shape index (κ2) is 5.79. The van der Waals surface area contributed by atoms with Gasteiger partial charge in [-0.05, 0) is 27.7 Å². The average Bonchev–Trinajstić information content (AvgIpc) is 2.09. The molecule has 16 heavy (non-hydrogen) atoms. The van der Waals surface area contributed by atoms with Crippen molar-refractivity contribution in [3.63, 3.8) is 0 Å². The molecule has 0 aliphatic rings. The summed E-state index contributed by atoms with van der Waals surface area (Å²) in [5.41, 5.74) is 5.01. The van der Waals surface area contributed by atoms with E-state index in [-0.39, 0.29) is 28.9 Å². The van der Waals surface area contributed by atoms with Crippen molar-refractivity contribution in [2.45, 2.75) is 33.2 Å². The van der Waals surface area contributed by atoms with Crippen molar-refractivity contribution in [1.82, 2.24) is 10.6 Å². The second-order valence-corrected chi connectivity index (χ2v) is 5.11. The molecule has 0 bridgehead atoms. The molecule has 0 aliphatic carbocycles. The molecule has 0 heterocycles. The van der Waals surface area contributed by atoms with Crippen molar-refractivity contribution in [3.8, 4) is 0 Å². The summed E-state index contributed by atoms with van der Waals surface area (Å²) in [6.07, 6.45) is 0. The molecule has 6 heteroatoms. The highest BCUT2D eigenvalue weighted by Gasteiger charge is 2.18. The molecule has 4 N–H and O–H groups in total. The van der Waals surface area contributed by atoms with Gasteiger partial charge < -0.3 is 16.4 Å². The SMILES string of the molecule is CC(C(=O)NCC(=O)NC(C)(C)C)C(N)=S.